The minimum atomic E-state index is 0.220. The van der Waals surface area contributed by atoms with E-state index in [9.17, 15) is 0 Å². The van der Waals surface area contributed by atoms with E-state index in [2.05, 4.69) is 53.2 Å². The zero-order valence-corrected chi connectivity index (χ0v) is 12.7. The van der Waals surface area contributed by atoms with Crippen molar-refractivity contribution in [3.8, 4) is 0 Å². The number of benzene rings is 1. The molecule has 0 amide bonds. The van der Waals surface area contributed by atoms with Gasteiger partial charge in [-0.05, 0) is 29.9 Å². The van der Waals surface area contributed by atoms with E-state index >= 15 is 0 Å². The second-order valence-corrected chi connectivity index (χ2v) is 5.69. The molecule has 0 saturated heterocycles. The van der Waals surface area contributed by atoms with E-state index in [-0.39, 0.29) is 6.04 Å². The maximum absolute atomic E-state index is 6.15. The Morgan fingerprint density at radius 3 is 2.86 bits per heavy atom. The van der Waals surface area contributed by atoms with Gasteiger partial charge in [0, 0.05) is 31.0 Å². The molecule has 0 saturated carbocycles. The summed E-state index contributed by atoms with van der Waals surface area (Å²) in [5.41, 5.74) is 9.99. The number of para-hydroxylation sites is 1. The van der Waals surface area contributed by atoms with E-state index in [1.165, 1.54) is 22.0 Å². The second kappa shape index (κ2) is 5.74. The van der Waals surface area contributed by atoms with Gasteiger partial charge in [0.05, 0.1) is 18.3 Å². The molecule has 0 bridgehead atoms. The molecule has 3 rings (SSSR count). The van der Waals surface area contributed by atoms with Crippen LogP contribution in [0.3, 0.4) is 0 Å². The highest BCUT2D eigenvalue weighted by Gasteiger charge is 2.10. The summed E-state index contributed by atoms with van der Waals surface area (Å²) in [6.45, 7) is 2.98. The molecule has 0 aliphatic rings. The van der Waals surface area contributed by atoms with Crippen LogP contribution in [0, 0.1) is 0 Å². The third-order valence-electron chi connectivity index (χ3n) is 3.99. The average molecular weight is 282 g/mol. The smallest absolute Gasteiger partial charge is 0.0539 e. The van der Waals surface area contributed by atoms with Gasteiger partial charge in [0.2, 0.25) is 0 Å². The number of fused-ring (bicyclic) bond motifs is 1. The lowest BCUT2D eigenvalue weighted by atomic mass is 10.0. The summed E-state index contributed by atoms with van der Waals surface area (Å²) in [5, 5.41) is 5.52. The summed E-state index contributed by atoms with van der Waals surface area (Å²) < 4.78 is 4.14. The number of hydrogen-bond acceptors (Lipinski definition) is 2. The molecule has 110 valence electrons. The Labute approximate surface area is 125 Å². The topological polar surface area (TPSA) is 48.8 Å². The highest BCUT2D eigenvalue weighted by atomic mass is 15.2. The van der Waals surface area contributed by atoms with Crippen molar-refractivity contribution in [1.29, 1.82) is 0 Å². The largest absolute Gasteiger partial charge is 0.343 e. The van der Waals surface area contributed by atoms with Crippen molar-refractivity contribution in [3.63, 3.8) is 0 Å². The lowest BCUT2D eigenvalue weighted by molar-refractivity contribution is 0.646. The van der Waals surface area contributed by atoms with Crippen LogP contribution in [0.4, 0.5) is 0 Å². The molecular weight excluding hydrogens is 260 g/mol. The molecule has 2 N–H and O–H groups in total. The molecule has 0 aliphatic heterocycles. The van der Waals surface area contributed by atoms with E-state index in [4.69, 9.17) is 5.73 Å². The lowest BCUT2D eigenvalue weighted by Gasteiger charge is -2.12. The van der Waals surface area contributed by atoms with Crippen molar-refractivity contribution in [2.24, 2.45) is 12.8 Å². The first kappa shape index (κ1) is 13.9. The number of rotatable bonds is 5. The standard InChI is InChI=1S/C17H22N4/c1-3-16(18)9-15-6-4-5-14-7-8-21(17(14)15)12-13-10-19-20(2)11-13/h4-8,10-11,16H,3,9,12,18H2,1-2H3. The van der Waals surface area contributed by atoms with Crippen LogP contribution in [0.15, 0.2) is 42.9 Å². The molecular formula is C17H22N4. The minimum absolute atomic E-state index is 0.220. The summed E-state index contributed by atoms with van der Waals surface area (Å²) >= 11 is 0. The zero-order chi connectivity index (χ0) is 14.8. The normalized spacial score (nSPS) is 12.9. The molecule has 3 aromatic rings. The van der Waals surface area contributed by atoms with Gasteiger partial charge in [0.15, 0.2) is 0 Å². The maximum atomic E-state index is 6.15. The zero-order valence-electron chi connectivity index (χ0n) is 12.7. The minimum Gasteiger partial charge on any atom is -0.343 e. The molecule has 2 aromatic heterocycles. The summed E-state index contributed by atoms with van der Waals surface area (Å²) in [6, 6.07) is 8.87. The molecule has 1 aromatic carbocycles. The second-order valence-electron chi connectivity index (χ2n) is 5.69. The van der Waals surface area contributed by atoms with Crippen LogP contribution in [0.2, 0.25) is 0 Å². The van der Waals surface area contributed by atoms with E-state index in [1.54, 1.807) is 0 Å². The number of hydrogen-bond donors (Lipinski definition) is 1. The quantitative estimate of drug-likeness (QED) is 0.782. The Kier molecular flexibility index (Phi) is 3.80. The van der Waals surface area contributed by atoms with Gasteiger partial charge in [-0.1, -0.05) is 25.1 Å². The van der Waals surface area contributed by atoms with E-state index in [0.717, 1.165) is 19.4 Å². The van der Waals surface area contributed by atoms with Crippen LogP contribution < -0.4 is 5.73 Å². The summed E-state index contributed by atoms with van der Waals surface area (Å²) in [6.07, 6.45) is 8.06. The molecule has 21 heavy (non-hydrogen) atoms. The first-order chi connectivity index (χ1) is 10.2. The van der Waals surface area contributed by atoms with E-state index in [0.29, 0.717) is 0 Å². The van der Waals surface area contributed by atoms with Gasteiger partial charge in [-0.15, -0.1) is 0 Å². The van der Waals surface area contributed by atoms with Gasteiger partial charge < -0.3 is 10.3 Å². The lowest BCUT2D eigenvalue weighted by Crippen LogP contribution is -2.21. The predicted molar refractivity (Wildman–Crippen MR) is 86.2 cm³/mol. The summed E-state index contributed by atoms with van der Waals surface area (Å²) in [7, 11) is 1.95. The van der Waals surface area contributed by atoms with Crippen LogP contribution in [-0.2, 0) is 20.0 Å². The van der Waals surface area contributed by atoms with Crippen molar-refractivity contribution < 1.29 is 0 Å². The SMILES string of the molecule is CCC(N)Cc1cccc2ccn(Cc3cnn(C)c3)c12. The van der Waals surface area contributed by atoms with Gasteiger partial charge in [-0.2, -0.15) is 5.10 Å². The van der Waals surface area contributed by atoms with Crippen LogP contribution in [0.5, 0.6) is 0 Å². The predicted octanol–water partition coefficient (Wildman–Crippen LogP) is 2.70. The van der Waals surface area contributed by atoms with Crippen LogP contribution in [-0.4, -0.2) is 20.4 Å². The first-order valence-electron chi connectivity index (χ1n) is 7.47. The maximum Gasteiger partial charge on any atom is 0.0539 e. The Morgan fingerprint density at radius 1 is 1.29 bits per heavy atom. The van der Waals surface area contributed by atoms with Gasteiger partial charge in [0.25, 0.3) is 0 Å². The molecule has 0 fully saturated rings. The van der Waals surface area contributed by atoms with Crippen LogP contribution in [0.1, 0.15) is 24.5 Å². The molecule has 1 atom stereocenters. The number of aryl methyl sites for hydroxylation is 1. The highest BCUT2D eigenvalue weighted by Crippen LogP contribution is 2.22. The monoisotopic (exact) mass is 282 g/mol. The Hall–Kier alpha value is -2.07. The third kappa shape index (κ3) is 2.85. The molecule has 0 spiro atoms. The fourth-order valence-electron chi connectivity index (χ4n) is 2.81. The van der Waals surface area contributed by atoms with Crippen molar-refractivity contribution in [1.82, 2.24) is 14.3 Å². The number of aromatic nitrogens is 3. The summed E-state index contributed by atoms with van der Waals surface area (Å²) in [5.74, 6) is 0. The first-order valence-corrected chi connectivity index (χ1v) is 7.47. The fraction of sp³-hybridized carbons (Fsp3) is 0.353. The van der Waals surface area contributed by atoms with Gasteiger partial charge >= 0.3 is 0 Å². The third-order valence-corrected chi connectivity index (χ3v) is 3.99. The van der Waals surface area contributed by atoms with Crippen molar-refractivity contribution >= 4 is 10.9 Å². The van der Waals surface area contributed by atoms with Crippen LogP contribution in [0.25, 0.3) is 10.9 Å². The molecule has 0 radical (unpaired) electrons. The van der Waals surface area contributed by atoms with Crippen LogP contribution >= 0.6 is 0 Å². The fourth-order valence-corrected chi connectivity index (χ4v) is 2.81. The van der Waals surface area contributed by atoms with Gasteiger partial charge in [-0.3, -0.25) is 4.68 Å². The van der Waals surface area contributed by atoms with Crippen molar-refractivity contribution in [3.05, 3.63) is 54.0 Å². The Bertz CT molecular complexity index is 738. The van der Waals surface area contributed by atoms with Crippen molar-refractivity contribution in [2.45, 2.75) is 32.4 Å². The molecule has 2 heterocycles. The Balaban J connectivity index is 1.98. The van der Waals surface area contributed by atoms with E-state index in [1.807, 2.05) is 17.9 Å². The van der Waals surface area contributed by atoms with E-state index < -0.39 is 0 Å². The molecule has 4 nitrogen and oxygen atoms in total. The molecule has 1 unspecified atom stereocenters. The molecule has 0 aliphatic carbocycles. The summed E-state index contributed by atoms with van der Waals surface area (Å²) in [4.78, 5) is 0. The highest BCUT2D eigenvalue weighted by molar-refractivity contribution is 5.83. The Morgan fingerprint density at radius 2 is 2.14 bits per heavy atom. The van der Waals surface area contributed by atoms with Crippen molar-refractivity contribution in [2.75, 3.05) is 0 Å². The van der Waals surface area contributed by atoms with Gasteiger partial charge in [0.1, 0.15) is 0 Å². The molecule has 4 heteroatoms. The van der Waals surface area contributed by atoms with Gasteiger partial charge in [-0.25, -0.2) is 0 Å². The number of nitrogens with two attached hydrogens (primary N) is 1. The number of nitrogens with zero attached hydrogens (tertiary/aromatic N) is 3. The average Bonchev–Trinajstić information content (AvgIpc) is 3.07.